The second-order valence-corrected chi connectivity index (χ2v) is 7.16. The molecule has 3 nitrogen and oxygen atoms in total. The first kappa shape index (κ1) is 18.8. The predicted octanol–water partition coefficient (Wildman–Crippen LogP) is 4.72. The summed E-state index contributed by atoms with van der Waals surface area (Å²) in [4.78, 5) is 0. The van der Waals surface area contributed by atoms with Gasteiger partial charge in [0.05, 0.1) is 12.6 Å². The molecule has 26 heavy (non-hydrogen) atoms. The van der Waals surface area contributed by atoms with E-state index in [1.165, 1.54) is 47.0 Å². The number of nitrogens with zero attached hydrogens (tertiary/aromatic N) is 1. The smallest absolute Gasteiger partial charge is 0.0891 e. The molecule has 1 heterocycles. The molecule has 3 aromatic rings. The SMILES string of the molecule is Cc1ccc2c(c1)c1c(n2CC(O)CNc2ccccc2)CCCC1.Cl. The first-order chi connectivity index (χ1) is 12.2. The van der Waals surface area contributed by atoms with Gasteiger partial charge in [0.25, 0.3) is 0 Å². The number of fused-ring (bicyclic) bond motifs is 3. The molecule has 0 aliphatic heterocycles. The van der Waals surface area contributed by atoms with Crippen LogP contribution in [0.25, 0.3) is 10.9 Å². The van der Waals surface area contributed by atoms with Crippen LogP contribution in [0.2, 0.25) is 0 Å². The van der Waals surface area contributed by atoms with E-state index in [0.717, 1.165) is 12.1 Å². The summed E-state index contributed by atoms with van der Waals surface area (Å²) in [5.74, 6) is 0. The molecule has 2 N–H and O–H groups in total. The highest BCUT2D eigenvalue weighted by Crippen LogP contribution is 2.33. The van der Waals surface area contributed by atoms with Crippen LogP contribution in [-0.2, 0) is 19.4 Å². The first-order valence-electron chi connectivity index (χ1n) is 9.30. The van der Waals surface area contributed by atoms with E-state index in [0.29, 0.717) is 13.1 Å². The van der Waals surface area contributed by atoms with E-state index in [9.17, 15) is 5.11 Å². The number of hydrogen-bond acceptors (Lipinski definition) is 2. The van der Waals surface area contributed by atoms with Gasteiger partial charge < -0.3 is 15.0 Å². The Morgan fingerprint density at radius 1 is 1.08 bits per heavy atom. The fraction of sp³-hybridized carbons (Fsp3) is 0.364. The van der Waals surface area contributed by atoms with E-state index in [2.05, 4.69) is 35.0 Å². The summed E-state index contributed by atoms with van der Waals surface area (Å²) in [5, 5.41) is 15.3. The molecule has 0 amide bonds. The van der Waals surface area contributed by atoms with E-state index in [-0.39, 0.29) is 12.4 Å². The zero-order valence-corrected chi connectivity index (χ0v) is 16.1. The molecule has 4 heteroatoms. The van der Waals surface area contributed by atoms with Gasteiger partial charge in [-0.05, 0) is 62.4 Å². The van der Waals surface area contributed by atoms with E-state index in [4.69, 9.17) is 0 Å². The van der Waals surface area contributed by atoms with Gasteiger partial charge in [0.15, 0.2) is 0 Å². The third kappa shape index (κ3) is 3.74. The number of para-hydroxylation sites is 1. The number of nitrogens with one attached hydrogen (secondary N) is 1. The van der Waals surface area contributed by atoms with Gasteiger partial charge in [-0.25, -0.2) is 0 Å². The molecule has 0 saturated heterocycles. The molecule has 1 atom stereocenters. The molecule has 0 saturated carbocycles. The first-order valence-corrected chi connectivity index (χ1v) is 9.30. The molecule has 0 bridgehead atoms. The lowest BCUT2D eigenvalue weighted by Crippen LogP contribution is -2.26. The molecule has 1 aromatic heterocycles. The number of anilines is 1. The Bertz CT molecular complexity index is 873. The Balaban J connectivity index is 0.00000196. The van der Waals surface area contributed by atoms with Crippen LogP contribution in [0.1, 0.15) is 29.7 Å². The van der Waals surface area contributed by atoms with Crippen LogP contribution in [0.4, 0.5) is 5.69 Å². The number of halogens is 1. The van der Waals surface area contributed by atoms with Crippen LogP contribution in [0.15, 0.2) is 48.5 Å². The molecule has 0 radical (unpaired) electrons. The van der Waals surface area contributed by atoms with E-state index >= 15 is 0 Å². The van der Waals surface area contributed by atoms with Crippen molar-refractivity contribution in [3.63, 3.8) is 0 Å². The zero-order chi connectivity index (χ0) is 17.2. The maximum absolute atomic E-state index is 10.6. The van der Waals surface area contributed by atoms with E-state index in [1.807, 2.05) is 30.3 Å². The Hall–Kier alpha value is -1.97. The van der Waals surface area contributed by atoms with Gasteiger partial charge in [-0.15, -0.1) is 12.4 Å². The van der Waals surface area contributed by atoms with Crippen LogP contribution in [-0.4, -0.2) is 22.3 Å². The van der Waals surface area contributed by atoms with Crippen molar-refractivity contribution in [3.05, 3.63) is 65.4 Å². The number of hydrogen-bond donors (Lipinski definition) is 2. The number of benzene rings is 2. The highest BCUT2D eigenvalue weighted by Gasteiger charge is 2.21. The van der Waals surface area contributed by atoms with Gasteiger partial charge in [0.2, 0.25) is 0 Å². The number of rotatable bonds is 5. The number of aliphatic hydroxyl groups is 1. The Morgan fingerprint density at radius 3 is 2.65 bits per heavy atom. The maximum Gasteiger partial charge on any atom is 0.0891 e. The fourth-order valence-electron chi connectivity index (χ4n) is 4.03. The van der Waals surface area contributed by atoms with Gasteiger partial charge in [-0.2, -0.15) is 0 Å². The van der Waals surface area contributed by atoms with Crippen molar-refractivity contribution in [3.8, 4) is 0 Å². The van der Waals surface area contributed by atoms with Crippen molar-refractivity contribution < 1.29 is 5.11 Å². The molecule has 1 unspecified atom stereocenters. The summed E-state index contributed by atoms with van der Waals surface area (Å²) in [6.07, 6.45) is 4.41. The normalized spacial score (nSPS) is 14.5. The monoisotopic (exact) mass is 370 g/mol. The van der Waals surface area contributed by atoms with Gasteiger partial charge in [0.1, 0.15) is 0 Å². The number of aromatic nitrogens is 1. The highest BCUT2D eigenvalue weighted by molar-refractivity contribution is 5.86. The standard InChI is InChI=1S/C22H26N2O.ClH/c1-16-11-12-22-20(13-16)19-9-5-6-10-21(19)24(22)15-18(25)14-23-17-7-3-2-4-8-17;/h2-4,7-8,11-13,18,23,25H,5-6,9-10,14-15H2,1H3;1H. The molecule has 2 aromatic carbocycles. The summed E-state index contributed by atoms with van der Waals surface area (Å²) >= 11 is 0. The molecule has 4 rings (SSSR count). The lowest BCUT2D eigenvalue weighted by atomic mass is 9.95. The third-order valence-electron chi connectivity index (χ3n) is 5.24. The van der Waals surface area contributed by atoms with Gasteiger partial charge in [0, 0.05) is 28.8 Å². The van der Waals surface area contributed by atoms with Crippen molar-refractivity contribution in [2.24, 2.45) is 0 Å². The summed E-state index contributed by atoms with van der Waals surface area (Å²) in [6, 6.07) is 16.8. The molecule has 1 aliphatic carbocycles. The largest absolute Gasteiger partial charge is 0.389 e. The Kier molecular flexibility index (Phi) is 5.90. The minimum atomic E-state index is -0.414. The summed E-state index contributed by atoms with van der Waals surface area (Å²) in [6.45, 7) is 3.36. The molecule has 138 valence electrons. The quantitative estimate of drug-likeness (QED) is 0.681. The topological polar surface area (TPSA) is 37.2 Å². The molecule has 0 fully saturated rings. The van der Waals surface area contributed by atoms with Gasteiger partial charge >= 0.3 is 0 Å². The van der Waals surface area contributed by atoms with Gasteiger partial charge in [-0.1, -0.05) is 29.8 Å². The summed E-state index contributed by atoms with van der Waals surface area (Å²) < 4.78 is 2.36. The molecular formula is C22H27ClN2O. The Labute approximate surface area is 161 Å². The van der Waals surface area contributed by atoms with Crippen molar-refractivity contribution in [2.75, 3.05) is 11.9 Å². The van der Waals surface area contributed by atoms with Crippen LogP contribution >= 0.6 is 12.4 Å². The summed E-state index contributed by atoms with van der Waals surface area (Å²) in [7, 11) is 0. The van der Waals surface area contributed by atoms with E-state index in [1.54, 1.807) is 0 Å². The minimum absolute atomic E-state index is 0. The van der Waals surface area contributed by atoms with Crippen molar-refractivity contribution in [2.45, 2.75) is 45.3 Å². The average Bonchev–Trinajstić information content (AvgIpc) is 2.94. The second-order valence-electron chi connectivity index (χ2n) is 7.16. The maximum atomic E-state index is 10.6. The van der Waals surface area contributed by atoms with Crippen LogP contribution in [0, 0.1) is 6.92 Å². The second kappa shape index (κ2) is 8.15. The minimum Gasteiger partial charge on any atom is -0.389 e. The fourth-order valence-corrected chi connectivity index (χ4v) is 4.03. The van der Waals surface area contributed by atoms with Crippen LogP contribution < -0.4 is 5.32 Å². The summed E-state index contributed by atoms with van der Waals surface area (Å²) in [5.41, 5.74) is 6.58. The third-order valence-corrected chi connectivity index (χ3v) is 5.24. The van der Waals surface area contributed by atoms with Crippen LogP contribution in [0.5, 0.6) is 0 Å². The Morgan fingerprint density at radius 2 is 1.85 bits per heavy atom. The lowest BCUT2D eigenvalue weighted by molar-refractivity contribution is 0.167. The van der Waals surface area contributed by atoms with E-state index < -0.39 is 6.10 Å². The zero-order valence-electron chi connectivity index (χ0n) is 15.2. The number of aliphatic hydroxyl groups excluding tert-OH is 1. The highest BCUT2D eigenvalue weighted by atomic mass is 35.5. The van der Waals surface area contributed by atoms with Crippen molar-refractivity contribution in [1.29, 1.82) is 0 Å². The number of aryl methyl sites for hydroxylation is 2. The predicted molar refractivity (Wildman–Crippen MR) is 112 cm³/mol. The lowest BCUT2D eigenvalue weighted by Gasteiger charge is -2.19. The average molecular weight is 371 g/mol. The molecule has 1 aliphatic rings. The molecule has 0 spiro atoms. The van der Waals surface area contributed by atoms with Crippen molar-refractivity contribution in [1.82, 2.24) is 4.57 Å². The molecular weight excluding hydrogens is 344 g/mol. The van der Waals surface area contributed by atoms with Gasteiger partial charge in [-0.3, -0.25) is 0 Å². The van der Waals surface area contributed by atoms with Crippen LogP contribution in [0.3, 0.4) is 0 Å². The van der Waals surface area contributed by atoms with Crippen molar-refractivity contribution >= 4 is 29.0 Å².